The zero-order chi connectivity index (χ0) is 14.8. The van der Waals surface area contributed by atoms with Gasteiger partial charge in [0.1, 0.15) is 0 Å². The highest BCUT2D eigenvalue weighted by molar-refractivity contribution is 7.89. The van der Waals surface area contributed by atoms with Crippen molar-refractivity contribution in [3.8, 4) is 0 Å². The Hall–Kier alpha value is -0.910. The molecule has 0 atom stereocenters. The van der Waals surface area contributed by atoms with Gasteiger partial charge in [0.25, 0.3) is 0 Å². The Balaban J connectivity index is 2.22. The van der Waals surface area contributed by atoms with E-state index in [1.54, 1.807) is 16.4 Å². The third-order valence-electron chi connectivity index (χ3n) is 3.92. The van der Waals surface area contributed by atoms with E-state index in [9.17, 15) is 8.42 Å². The highest BCUT2D eigenvalue weighted by atomic mass is 32.2. The lowest BCUT2D eigenvalue weighted by atomic mass is 10.0. The summed E-state index contributed by atoms with van der Waals surface area (Å²) in [6.07, 6.45) is 1.86. The molecule has 20 heavy (non-hydrogen) atoms. The molecule has 2 rings (SSSR count). The topological polar surface area (TPSA) is 49.4 Å². The fourth-order valence-electron chi connectivity index (χ4n) is 2.70. The van der Waals surface area contributed by atoms with Gasteiger partial charge in [0.05, 0.1) is 4.90 Å². The van der Waals surface area contributed by atoms with Crippen molar-refractivity contribution in [1.82, 2.24) is 9.62 Å². The van der Waals surface area contributed by atoms with E-state index < -0.39 is 10.0 Å². The van der Waals surface area contributed by atoms with Gasteiger partial charge < -0.3 is 5.32 Å². The van der Waals surface area contributed by atoms with E-state index in [4.69, 9.17) is 0 Å². The van der Waals surface area contributed by atoms with Crippen LogP contribution in [0, 0.1) is 0 Å². The summed E-state index contributed by atoms with van der Waals surface area (Å²) < 4.78 is 27.0. The highest BCUT2D eigenvalue weighted by Crippen LogP contribution is 2.33. The molecule has 1 fully saturated rings. The van der Waals surface area contributed by atoms with Crippen LogP contribution in [0.3, 0.4) is 0 Å². The second kappa shape index (κ2) is 5.84. The molecule has 0 saturated carbocycles. The van der Waals surface area contributed by atoms with Gasteiger partial charge in [0.2, 0.25) is 10.0 Å². The van der Waals surface area contributed by atoms with E-state index in [0.29, 0.717) is 11.4 Å². The molecule has 0 unspecified atom stereocenters. The molecule has 0 amide bonds. The van der Waals surface area contributed by atoms with Crippen molar-refractivity contribution in [2.24, 2.45) is 0 Å². The molecule has 1 aromatic rings. The lowest BCUT2D eigenvalue weighted by Crippen LogP contribution is -2.42. The molecule has 0 bridgehead atoms. The Labute approximate surface area is 122 Å². The fraction of sp³-hybridized carbons (Fsp3) is 0.600. The van der Waals surface area contributed by atoms with E-state index in [2.05, 4.69) is 5.32 Å². The van der Waals surface area contributed by atoms with Gasteiger partial charge >= 0.3 is 0 Å². The lowest BCUT2D eigenvalue weighted by Gasteiger charge is -2.30. The van der Waals surface area contributed by atoms with Crippen LogP contribution in [0.15, 0.2) is 29.2 Å². The van der Waals surface area contributed by atoms with Crippen molar-refractivity contribution in [3.63, 3.8) is 0 Å². The molecular formula is C15H24N2O2S. The minimum atomic E-state index is -3.37. The minimum absolute atomic E-state index is 0.277. The molecule has 1 saturated heterocycles. The summed E-state index contributed by atoms with van der Waals surface area (Å²) in [6.45, 7) is 8.34. The molecule has 4 nitrogen and oxygen atoms in total. The van der Waals surface area contributed by atoms with Crippen LogP contribution in [0.25, 0.3) is 0 Å². The van der Waals surface area contributed by atoms with Gasteiger partial charge in [0, 0.05) is 18.6 Å². The van der Waals surface area contributed by atoms with Crippen LogP contribution in [-0.4, -0.2) is 31.4 Å². The zero-order valence-corrected chi connectivity index (χ0v) is 13.3. The first-order chi connectivity index (χ1) is 9.38. The molecule has 0 spiro atoms. The van der Waals surface area contributed by atoms with Gasteiger partial charge in [-0.1, -0.05) is 19.1 Å². The summed E-state index contributed by atoms with van der Waals surface area (Å²) in [5.41, 5.74) is 0.827. The van der Waals surface area contributed by atoms with E-state index in [-0.39, 0.29) is 5.54 Å². The molecule has 1 N–H and O–H groups in total. The van der Waals surface area contributed by atoms with Crippen molar-refractivity contribution < 1.29 is 8.42 Å². The fourth-order valence-corrected chi connectivity index (χ4v) is 4.55. The number of nitrogens with one attached hydrogen (secondary N) is 1. The number of hydrogen-bond acceptors (Lipinski definition) is 3. The maximum Gasteiger partial charge on any atom is 0.243 e. The van der Waals surface area contributed by atoms with Crippen LogP contribution in [0.4, 0.5) is 0 Å². The Morgan fingerprint density at radius 2 is 1.90 bits per heavy atom. The first-order valence-corrected chi connectivity index (χ1v) is 8.64. The summed E-state index contributed by atoms with van der Waals surface area (Å²) in [4.78, 5) is 0.396. The largest absolute Gasteiger partial charge is 0.313 e. The van der Waals surface area contributed by atoms with Crippen LogP contribution in [0.5, 0.6) is 0 Å². The van der Waals surface area contributed by atoms with E-state index >= 15 is 0 Å². The van der Waals surface area contributed by atoms with Crippen LogP contribution in [-0.2, 0) is 16.6 Å². The van der Waals surface area contributed by atoms with E-state index in [1.807, 2.05) is 32.9 Å². The molecule has 1 heterocycles. The van der Waals surface area contributed by atoms with Crippen molar-refractivity contribution in [2.45, 2.75) is 50.6 Å². The van der Waals surface area contributed by atoms with Crippen molar-refractivity contribution in [1.29, 1.82) is 0 Å². The third-order valence-corrected chi connectivity index (χ3v) is 6.04. The maximum absolute atomic E-state index is 12.7. The number of benzene rings is 1. The van der Waals surface area contributed by atoms with Crippen molar-refractivity contribution in [3.05, 3.63) is 29.8 Å². The Morgan fingerprint density at radius 1 is 1.25 bits per heavy atom. The Morgan fingerprint density at radius 3 is 2.40 bits per heavy atom. The van der Waals surface area contributed by atoms with E-state index in [0.717, 1.165) is 31.5 Å². The van der Waals surface area contributed by atoms with Crippen LogP contribution in [0.1, 0.15) is 39.2 Å². The molecule has 1 aliphatic heterocycles. The van der Waals surface area contributed by atoms with Crippen LogP contribution < -0.4 is 5.32 Å². The monoisotopic (exact) mass is 296 g/mol. The van der Waals surface area contributed by atoms with E-state index in [1.165, 1.54) is 0 Å². The van der Waals surface area contributed by atoms with Gasteiger partial charge in [-0.3, -0.25) is 0 Å². The summed E-state index contributed by atoms with van der Waals surface area (Å²) in [6, 6.07) is 7.21. The molecule has 0 aliphatic carbocycles. The summed E-state index contributed by atoms with van der Waals surface area (Å²) >= 11 is 0. The SMILES string of the molecule is CCNCc1ccc(S(=O)(=O)N2CCCC2(C)C)cc1. The van der Waals surface area contributed by atoms with Gasteiger partial charge in [-0.05, 0) is 50.9 Å². The average molecular weight is 296 g/mol. The molecule has 112 valence electrons. The molecule has 0 aromatic heterocycles. The van der Waals surface area contributed by atoms with Gasteiger partial charge in [-0.25, -0.2) is 8.42 Å². The Bertz CT molecular complexity index is 550. The smallest absolute Gasteiger partial charge is 0.243 e. The summed E-state index contributed by atoms with van der Waals surface area (Å²) in [5, 5.41) is 3.23. The Kier molecular flexibility index (Phi) is 4.52. The highest BCUT2D eigenvalue weighted by Gasteiger charge is 2.40. The number of nitrogens with zero attached hydrogens (tertiary/aromatic N) is 1. The minimum Gasteiger partial charge on any atom is -0.313 e. The standard InChI is InChI=1S/C15H24N2O2S/c1-4-16-12-13-6-8-14(9-7-13)20(18,19)17-11-5-10-15(17,2)3/h6-9,16H,4-5,10-12H2,1-3H3. The normalized spacial score (nSPS) is 19.4. The maximum atomic E-state index is 12.7. The van der Waals surface area contributed by atoms with Crippen LogP contribution >= 0.6 is 0 Å². The molecule has 5 heteroatoms. The molecule has 0 radical (unpaired) electrons. The van der Waals surface area contributed by atoms with Gasteiger partial charge in [0.15, 0.2) is 0 Å². The third kappa shape index (κ3) is 3.05. The zero-order valence-electron chi connectivity index (χ0n) is 12.5. The van der Waals surface area contributed by atoms with Crippen molar-refractivity contribution in [2.75, 3.05) is 13.1 Å². The quantitative estimate of drug-likeness (QED) is 0.907. The van der Waals surface area contributed by atoms with Gasteiger partial charge in [-0.15, -0.1) is 0 Å². The predicted molar refractivity (Wildman–Crippen MR) is 81.0 cm³/mol. The molecule has 1 aliphatic rings. The summed E-state index contributed by atoms with van der Waals surface area (Å²) in [7, 11) is -3.37. The molecular weight excluding hydrogens is 272 g/mol. The first-order valence-electron chi connectivity index (χ1n) is 7.20. The summed E-state index contributed by atoms with van der Waals surface area (Å²) in [5.74, 6) is 0. The number of hydrogen-bond donors (Lipinski definition) is 1. The number of rotatable bonds is 5. The average Bonchev–Trinajstić information content (AvgIpc) is 2.77. The second-order valence-corrected chi connectivity index (χ2v) is 7.78. The second-order valence-electron chi connectivity index (χ2n) is 5.92. The number of sulfonamides is 1. The van der Waals surface area contributed by atoms with Gasteiger partial charge in [-0.2, -0.15) is 4.31 Å². The lowest BCUT2D eigenvalue weighted by molar-refractivity contribution is 0.291. The van der Waals surface area contributed by atoms with Crippen LogP contribution in [0.2, 0.25) is 0 Å². The predicted octanol–water partition coefficient (Wildman–Crippen LogP) is 2.36. The van der Waals surface area contributed by atoms with Crippen molar-refractivity contribution >= 4 is 10.0 Å². The first kappa shape index (κ1) is 15.5. The molecule has 1 aromatic carbocycles.